The summed E-state index contributed by atoms with van der Waals surface area (Å²) in [6.07, 6.45) is -0.236. The second-order valence-corrected chi connectivity index (χ2v) is 7.67. The van der Waals surface area contributed by atoms with Gasteiger partial charge >= 0.3 is 11.9 Å². The molecule has 1 amide bonds. The molecule has 4 aromatic heterocycles. The predicted molar refractivity (Wildman–Crippen MR) is 103 cm³/mol. The number of alkyl halides is 3. The van der Waals surface area contributed by atoms with E-state index in [9.17, 15) is 22.8 Å². The normalized spacial score (nSPS) is 16.9. The number of hydrogen-bond donors (Lipinski definition) is 1. The van der Waals surface area contributed by atoms with Gasteiger partial charge in [-0.3, -0.25) is 18.7 Å². The van der Waals surface area contributed by atoms with Crippen molar-refractivity contribution in [2.75, 3.05) is 13.1 Å². The Morgan fingerprint density at radius 2 is 2.12 bits per heavy atom. The van der Waals surface area contributed by atoms with Gasteiger partial charge in [0.2, 0.25) is 0 Å². The number of carbonyl (C=O) groups excluding carboxylic acids is 1. The zero-order valence-electron chi connectivity index (χ0n) is 16.0. The lowest BCUT2D eigenvalue weighted by atomic mass is 10.1. The number of pyridine rings is 1. The van der Waals surface area contributed by atoms with Crippen LogP contribution in [0.1, 0.15) is 34.2 Å². The van der Waals surface area contributed by atoms with Crippen LogP contribution in [0.2, 0.25) is 5.15 Å². The monoisotopic (exact) mass is 467 g/mol. The first-order valence-electron chi connectivity index (χ1n) is 9.39. The van der Waals surface area contributed by atoms with Gasteiger partial charge in [-0.25, -0.2) is 9.78 Å². The third kappa shape index (κ3) is 3.36. The van der Waals surface area contributed by atoms with E-state index >= 15 is 0 Å². The fourth-order valence-electron chi connectivity index (χ4n) is 3.78. The number of aromatic nitrogens is 4. The Kier molecular flexibility index (Phi) is 4.62. The molecule has 0 aliphatic carbocycles. The van der Waals surface area contributed by atoms with Crippen molar-refractivity contribution in [2.24, 2.45) is 0 Å². The Morgan fingerprint density at radius 3 is 2.78 bits per heavy atom. The molecule has 1 atom stereocenters. The number of aromatic amines is 1. The molecule has 1 saturated heterocycles. The predicted octanol–water partition coefficient (Wildman–Crippen LogP) is 3.57. The Labute approximate surface area is 181 Å². The Bertz CT molecular complexity index is 1370. The van der Waals surface area contributed by atoms with E-state index in [1.165, 1.54) is 29.7 Å². The molecule has 0 aromatic carbocycles. The number of rotatable bonds is 3. The number of hydrogen-bond acceptors (Lipinski definition) is 6. The minimum atomic E-state index is -4.73. The highest BCUT2D eigenvalue weighted by Crippen LogP contribution is 2.37. The molecule has 32 heavy (non-hydrogen) atoms. The van der Waals surface area contributed by atoms with Crippen molar-refractivity contribution in [2.45, 2.75) is 18.5 Å². The number of likely N-dealkylation sites (tertiary alicyclic amines) is 1. The first-order chi connectivity index (χ1) is 15.2. The van der Waals surface area contributed by atoms with Gasteiger partial charge < -0.3 is 9.32 Å². The molecule has 4 aromatic rings. The molecule has 166 valence electrons. The Balaban J connectivity index is 1.54. The van der Waals surface area contributed by atoms with Gasteiger partial charge in [0, 0.05) is 36.3 Å². The van der Waals surface area contributed by atoms with E-state index in [1.807, 2.05) is 0 Å². The van der Waals surface area contributed by atoms with Crippen molar-refractivity contribution >= 4 is 23.2 Å². The highest BCUT2D eigenvalue weighted by atomic mass is 35.5. The SMILES string of the molecule is O=C(c1nc2c(C(F)(F)F)cc(-c3ccoc3)cn2c1Cl)N1CCC(c2noc(=O)[nH]2)C1. The van der Waals surface area contributed by atoms with Gasteiger partial charge in [0.15, 0.2) is 17.2 Å². The molecule has 9 nitrogen and oxygen atoms in total. The van der Waals surface area contributed by atoms with E-state index in [0.29, 0.717) is 17.8 Å². The van der Waals surface area contributed by atoms with Crippen LogP contribution in [-0.2, 0) is 6.18 Å². The maximum atomic E-state index is 13.8. The van der Waals surface area contributed by atoms with Gasteiger partial charge in [-0.1, -0.05) is 16.8 Å². The molecule has 1 unspecified atom stereocenters. The topological polar surface area (TPSA) is 110 Å². The van der Waals surface area contributed by atoms with Crippen LogP contribution in [0.4, 0.5) is 13.2 Å². The number of carbonyl (C=O) groups is 1. The summed E-state index contributed by atoms with van der Waals surface area (Å²) in [7, 11) is 0. The molecular weight excluding hydrogens is 455 g/mol. The number of halogens is 4. The first kappa shape index (κ1) is 20.4. The summed E-state index contributed by atoms with van der Waals surface area (Å²) >= 11 is 6.33. The van der Waals surface area contributed by atoms with Crippen LogP contribution in [0.5, 0.6) is 0 Å². The van der Waals surface area contributed by atoms with Crippen LogP contribution in [-0.4, -0.2) is 43.4 Å². The quantitative estimate of drug-likeness (QED) is 0.493. The lowest BCUT2D eigenvalue weighted by Crippen LogP contribution is -2.29. The number of imidazole rings is 1. The third-order valence-electron chi connectivity index (χ3n) is 5.34. The van der Waals surface area contributed by atoms with Crippen LogP contribution in [0, 0.1) is 0 Å². The van der Waals surface area contributed by atoms with Gasteiger partial charge in [-0.2, -0.15) is 13.2 Å². The third-order valence-corrected chi connectivity index (χ3v) is 5.70. The molecule has 0 bridgehead atoms. The number of H-pyrrole nitrogens is 1. The van der Waals surface area contributed by atoms with Gasteiger partial charge in [0.25, 0.3) is 5.91 Å². The number of nitrogens with one attached hydrogen (secondary N) is 1. The minimum Gasteiger partial charge on any atom is -0.472 e. The Morgan fingerprint density at radius 1 is 1.31 bits per heavy atom. The lowest BCUT2D eigenvalue weighted by molar-refractivity contribution is -0.136. The second kappa shape index (κ2) is 7.26. The van der Waals surface area contributed by atoms with E-state index in [0.717, 1.165) is 10.5 Å². The maximum Gasteiger partial charge on any atom is 0.438 e. The molecule has 1 aliphatic heterocycles. The molecule has 13 heteroatoms. The largest absolute Gasteiger partial charge is 0.472 e. The van der Waals surface area contributed by atoms with Crippen LogP contribution in [0.25, 0.3) is 16.8 Å². The fourth-order valence-corrected chi connectivity index (χ4v) is 4.04. The molecule has 0 radical (unpaired) electrons. The Hall–Kier alpha value is -3.54. The molecule has 5 heterocycles. The molecule has 0 spiro atoms. The van der Waals surface area contributed by atoms with Crippen LogP contribution >= 0.6 is 11.6 Å². The fraction of sp³-hybridized carbons (Fsp3) is 0.263. The van der Waals surface area contributed by atoms with Crippen molar-refractivity contribution < 1.29 is 26.9 Å². The zero-order chi connectivity index (χ0) is 22.6. The average Bonchev–Trinajstić information content (AvgIpc) is 3.53. The molecule has 1 fully saturated rings. The average molecular weight is 468 g/mol. The van der Waals surface area contributed by atoms with Crippen LogP contribution < -0.4 is 5.76 Å². The van der Waals surface area contributed by atoms with E-state index in [4.69, 9.17) is 16.0 Å². The van der Waals surface area contributed by atoms with Gasteiger partial charge in [0.05, 0.1) is 18.1 Å². The molecule has 5 rings (SSSR count). The maximum absolute atomic E-state index is 13.8. The highest BCUT2D eigenvalue weighted by Gasteiger charge is 2.37. The second-order valence-electron chi connectivity index (χ2n) is 7.31. The zero-order valence-corrected chi connectivity index (χ0v) is 16.8. The lowest BCUT2D eigenvalue weighted by Gasteiger charge is -2.14. The summed E-state index contributed by atoms with van der Waals surface area (Å²) in [4.78, 5) is 32.0. The summed E-state index contributed by atoms with van der Waals surface area (Å²) in [5.74, 6) is -1.30. The number of fused-ring (bicyclic) bond motifs is 1. The van der Waals surface area contributed by atoms with Crippen molar-refractivity contribution in [3.05, 3.63) is 63.6 Å². The van der Waals surface area contributed by atoms with Gasteiger partial charge in [-0.15, -0.1) is 0 Å². The van der Waals surface area contributed by atoms with Crippen molar-refractivity contribution in [3.63, 3.8) is 0 Å². The van der Waals surface area contributed by atoms with E-state index in [2.05, 4.69) is 19.6 Å². The standard InChI is InChI=1S/C19H13ClF3N5O4/c20-14-13(17(29)27-3-1-9(6-27)15-25-18(30)32-26-15)24-16-12(19(21,22)23)5-11(7-28(14)16)10-2-4-31-8-10/h2,4-5,7-9H,1,3,6H2,(H,25,26,30). The summed E-state index contributed by atoms with van der Waals surface area (Å²) in [6.45, 7) is 0.465. The molecule has 0 saturated carbocycles. The smallest absolute Gasteiger partial charge is 0.438 e. The van der Waals surface area contributed by atoms with Crippen LogP contribution in [0.15, 0.2) is 44.6 Å². The number of nitrogens with zero attached hydrogens (tertiary/aromatic N) is 4. The van der Waals surface area contributed by atoms with Crippen molar-refractivity contribution in [1.82, 2.24) is 24.4 Å². The first-order valence-corrected chi connectivity index (χ1v) is 9.76. The minimum absolute atomic E-state index is 0.178. The summed E-state index contributed by atoms with van der Waals surface area (Å²) < 4.78 is 51.8. The summed E-state index contributed by atoms with van der Waals surface area (Å²) in [5, 5.41) is 3.39. The van der Waals surface area contributed by atoms with E-state index < -0.39 is 29.1 Å². The van der Waals surface area contributed by atoms with Crippen molar-refractivity contribution in [1.29, 1.82) is 0 Å². The van der Waals surface area contributed by atoms with E-state index in [-0.39, 0.29) is 35.4 Å². The summed E-state index contributed by atoms with van der Waals surface area (Å²) in [6, 6.07) is 2.45. The van der Waals surface area contributed by atoms with Gasteiger partial charge in [-0.05, 0) is 18.6 Å². The van der Waals surface area contributed by atoms with Gasteiger partial charge in [0.1, 0.15) is 5.15 Å². The number of amides is 1. The summed E-state index contributed by atoms with van der Waals surface area (Å²) in [5.41, 5.74) is -1.19. The van der Waals surface area contributed by atoms with Crippen LogP contribution in [0.3, 0.4) is 0 Å². The molecule has 1 aliphatic rings. The highest BCUT2D eigenvalue weighted by molar-refractivity contribution is 6.33. The number of furan rings is 1. The molecule has 1 N–H and O–H groups in total. The molecular formula is C19H13ClF3N5O4. The van der Waals surface area contributed by atoms with Crippen molar-refractivity contribution in [3.8, 4) is 11.1 Å². The van der Waals surface area contributed by atoms with E-state index in [1.54, 1.807) is 0 Å².